The molecule has 2 rings (SSSR count). The molecule has 1 heterocycles. The zero-order chi connectivity index (χ0) is 17.5. The van der Waals surface area contributed by atoms with Gasteiger partial charge in [-0.1, -0.05) is 39.3 Å². The summed E-state index contributed by atoms with van der Waals surface area (Å²) in [6, 6.07) is 12.0. The standard InChI is InChI=1S/C20H27N3O/c1-5-6-13-23(4)20(24)17-9-12-19(21-14-17)22-18-10-7-16(8-11-18)15(2)3/h7-12,14-15H,5-6,13H2,1-4H3,(H,21,22). The number of hydrogen-bond donors (Lipinski definition) is 1. The summed E-state index contributed by atoms with van der Waals surface area (Å²) in [5, 5.41) is 3.26. The van der Waals surface area contributed by atoms with Gasteiger partial charge in [0.2, 0.25) is 0 Å². The van der Waals surface area contributed by atoms with Crippen LogP contribution in [-0.2, 0) is 0 Å². The van der Waals surface area contributed by atoms with E-state index in [9.17, 15) is 4.79 Å². The second-order valence-corrected chi connectivity index (χ2v) is 6.41. The molecule has 0 aliphatic carbocycles. The number of hydrogen-bond acceptors (Lipinski definition) is 3. The van der Waals surface area contributed by atoms with Crippen molar-refractivity contribution in [3.63, 3.8) is 0 Å². The van der Waals surface area contributed by atoms with E-state index in [2.05, 4.69) is 55.3 Å². The molecule has 0 unspecified atom stereocenters. The molecule has 0 saturated heterocycles. The Morgan fingerprint density at radius 2 is 1.88 bits per heavy atom. The average Bonchev–Trinajstić information content (AvgIpc) is 2.60. The molecule has 0 fully saturated rings. The van der Waals surface area contributed by atoms with Gasteiger partial charge in [0.05, 0.1) is 5.56 Å². The molecule has 0 bridgehead atoms. The van der Waals surface area contributed by atoms with Crippen LogP contribution in [-0.4, -0.2) is 29.4 Å². The average molecular weight is 325 g/mol. The lowest BCUT2D eigenvalue weighted by molar-refractivity contribution is 0.0793. The van der Waals surface area contributed by atoms with Crippen molar-refractivity contribution >= 4 is 17.4 Å². The minimum absolute atomic E-state index is 0.0174. The highest BCUT2D eigenvalue weighted by Gasteiger charge is 2.11. The Morgan fingerprint density at radius 1 is 1.17 bits per heavy atom. The van der Waals surface area contributed by atoms with Crippen molar-refractivity contribution in [2.75, 3.05) is 18.9 Å². The maximum Gasteiger partial charge on any atom is 0.255 e. The van der Waals surface area contributed by atoms with Crippen molar-refractivity contribution < 1.29 is 4.79 Å². The number of nitrogens with zero attached hydrogens (tertiary/aromatic N) is 2. The van der Waals surface area contributed by atoms with Crippen LogP contribution in [0.25, 0.3) is 0 Å². The molecular formula is C20H27N3O. The molecule has 2 aromatic rings. The third kappa shape index (κ3) is 4.82. The predicted molar refractivity (Wildman–Crippen MR) is 99.9 cm³/mol. The van der Waals surface area contributed by atoms with Crippen LogP contribution in [0.1, 0.15) is 55.5 Å². The zero-order valence-corrected chi connectivity index (χ0v) is 15.0. The van der Waals surface area contributed by atoms with Crippen LogP contribution in [0, 0.1) is 0 Å². The van der Waals surface area contributed by atoms with Gasteiger partial charge in [0.15, 0.2) is 0 Å². The Labute approximate surface area is 144 Å². The molecule has 4 heteroatoms. The van der Waals surface area contributed by atoms with E-state index in [1.807, 2.05) is 19.2 Å². The molecule has 0 atom stereocenters. The molecule has 4 nitrogen and oxygen atoms in total. The van der Waals surface area contributed by atoms with Crippen LogP contribution in [0.3, 0.4) is 0 Å². The highest BCUT2D eigenvalue weighted by molar-refractivity contribution is 5.93. The first-order chi connectivity index (χ1) is 11.5. The Kier molecular flexibility index (Phi) is 6.36. The number of carbonyl (C=O) groups excluding carboxylic acids is 1. The number of rotatable bonds is 7. The van der Waals surface area contributed by atoms with E-state index in [0.29, 0.717) is 11.5 Å². The predicted octanol–water partition coefficient (Wildman–Crippen LogP) is 4.82. The van der Waals surface area contributed by atoms with Crippen LogP contribution in [0.15, 0.2) is 42.6 Å². The fourth-order valence-corrected chi connectivity index (χ4v) is 2.41. The van der Waals surface area contributed by atoms with Gasteiger partial charge in [-0.05, 0) is 42.2 Å². The summed E-state index contributed by atoms with van der Waals surface area (Å²) in [5.41, 5.74) is 2.92. The Bertz CT molecular complexity index is 648. The van der Waals surface area contributed by atoms with Crippen molar-refractivity contribution in [2.45, 2.75) is 39.5 Å². The van der Waals surface area contributed by atoms with E-state index in [-0.39, 0.29) is 5.91 Å². The fraction of sp³-hybridized carbons (Fsp3) is 0.400. The maximum absolute atomic E-state index is 12.3. The number of anilines is 2. The van der Waals surface area contributed by atoms with E-state index in [1.54, 1.807) is 11.1 Å². The molecule has 0 spiro atoms. The van der Waals surface area contributed by atoms with Gasteiger partial charge in [-0.25, -0.2) is 4.98 Å². The summed E-state index contributed by atoms with van der Waals surface area (Å²) in [5.74, 6) is 1.27. The van der Waals surface area contributed by atoms with E-state index in [4.69, 9.17) is 0 Å². The molecule has 0 radical (unpaired) electrons. The summed E-state index contributed by atoms with van der Waals surface area (Å²) in [7, 11) is 1.83. The van der Waals surface area contributed by atoms with Crippen molar-refractivity contribution in [3.05, 3.63) is 53.7 Å². The molecule has 128 valence electrons. The molecule has 0 saturated carbocycles. The number of amides is 1. The first-order valence-corrected chi connectivity index (χ1v) is 8.59. The van der Waals surface area contributed by atoms with Crippen molar-refractivity contribution in [3.8, 4) is 0 Å². The fourth-order valence-electron chi connectivity index (χ4n) is 2.41. The van der Waals surface area contributed by atoms with Gasteiger partial charge >= 0.3 is 0 Å². The number of aromatic nitrogens is 1. The lowest BCUT2D eigenvalue weighted by Gasteiger charge is -2.16. The first-order valence-electron chi connectivity index (χ1n) is 8.59. The van der Waals surface area contributed by atoms with Gasteiger partial charge in [-0.15, -0.1) is 0 Å². The highest BCUT2D eigenvalue weighted by Crippen LogP contribution is 2.20. The van der Waals surface area contributed by atoms with Crippen LogP contribution < -0.4 is 5.32 Å². The van der Waals surface area contributed by atoms with Crippen molar-refractivity contribution in [1.82, 2.24) is 9.88 Å². The zero-order valence-electron chi connectivity index (χ0n) is 15.0. The number of benzene rings is 1. The first kappa shape index (κ1) is 18.0. The van der Waals surface area contributed by atoms with Gasteiger partial charge in [0.1, 0.15) is 5.82 Å². The summed E-state index contributed by atoms with van der Waals surface area (Å²) in [6.07, 6.45) is 3.73. The van der Waals surface area contributed by atoms with Crippen molar-refractivity contribution in [1.29, 1.82) is 0 Å². The number of unbranched alkanes of at least 4 members (excludes halogenated alkanes) is 1. The molecule has 1 N–H and O–H groups in total. The van der Waals surface area contributed by atoms with Crippen LogP contribution >= 0.6 is 0 Å². The highest BCUT2D eigenvalue weighted by atomic mass is 16.2. The summed E-state index contributed by atoms with van der Waals surface area (Å²) >= 11 is 0. The lowest BCUT2D eigenvalue weighted by atomic mass is 10.0. The molecule has 0 aliphatic heterocycles. The number of pyridine rings is 1. The van der Waals surface area contributed by atoms with Crippen LogP contribution in [0.5, 0.6) is 0 Å². The van der Waals surface area contributed by atoms with Crippen LogP contribution in [0.2, 0.25) is 0 Å². The largest absolute Gasteiger partial charge is 0.342 e. The van der Waals surface area contributed by atoms with Gasteiger partial charge in [0.25, 0.3) is 5.91 Å². The minimum atomic E-state index is 0.0174. The smallest absolute Gasteiger partial charge is 0.255 e. The molecule has 0 aliphatic rings. The number of carbonyl (C=O) groups is 1. The molecule has 1 amide bonds. The SMILES string of the molecule is CCCCN(C)C(=O)c1ccc(Nc2ccc(C(C)C)cc2)nc1. The Hall–Kier alpha value is -2.36. The Morgan fingerprint density at radius 3 is 2.42 bits per heavy atom. The Balaban J connectivity index is 2.00. The molecule has 1 aromatic heterocycles. The topological polar surface area (TPSA) is 45.2 Å². The normalized spacial score (nSPS) is 10.7. The maximum atomic E-state index is 12.3. The third-order valence-electron chi connectivity index (χ3n) is 4.05. The summed E-state index contributed by atoms with van der Waals surface area (Å²) in [4.78, 5) is 18.4. The van der Waals surface area contributed by atoms with E-state index in [1.165, 1.54) is 5.56 Å². The molecule has 1 aromatic carbocycles. The van der Waals surface area contributed by atoms with Crippen molar-refractivity contribution in [2.24, 2.45) is 0 Å². The van der Waals surface area contributed by atoms with Crippen LogP contribution in [0.4, 0.5) is 11.5 Å². The van der Waals surface area contributed by atoms with Gasteiger partial charge < -0.3 is 10.2 Å². The monoisotopic (exact) mass is 325 g/mol. The van der Waals surface area contributed by atoms with E-state index < -0.39 is 0 Å². The van der Waals surface area contributed by atoms with Gasteiger partial charge in [-0.3, -0.25) is 4.79 Å². The summed E-state index contributed by atoms with van der Waals surface area (Å²) < 4.78 is 0. The second-order valence-electron chi connectivity index (χ2n) is 6.41. The summed E-state index contributed by atoms with van der Waals surface area (Å²) in [6.45, 7) is 7.25. The minimum Gasteiger partial charge on any atom is -0.342 e. The number of nitrogens with one attached hydrogen (secondary N) is 1. The van der Waals surface area contributed by atoms with E-state index in [0.717, 1.165) is 30.9 Å². The van der Waals surface area contributed by atoms with Gasteiger partial charge in [0, 0.05) is 25.5 Å². The van der Waals surface area contributed by atoms with Gasteiger partial charge in [-0.2, -0.15) is 0 Å². The molecule has 24 heavy (non-hydrogen) atoms. The quantitative estimate of drug-likeness (QED) is 0.793. The lowest BCUT2D eigenvalue weighted by Crippen LogP contribution is -2.27. The third-order valence-corrected chi connectivity index (χ3v) is 4.05. The second kappa shape index (κ2) is 8.48. The molecular weight excluding hydrogens is 298 g/mol. The van der Waals surface area contributed by atoms with E-state index >= 15 is 0 Å².